The average Bonchev–Trinajstić information content (AvgIpc) is 2.97. The van der Waals surface area contributed by atoms with E-state index < -0.39 is 17.0 Å². The number of aliphatic carboxylic acids is 1. The van der Waals surface area contributed by atoms with Crippen molar-refractivity contribution in [1.82, 2.24) is 9.80 Å². The summed E-state index contributed by atoms with van der Waals surface area (Å²) in [5.41, 5.74) is 0.279. The van der Waals surface area contributed by atoms with Crippen LogP contribution in [0.3, 0.4) is 0 Å². The Morgan fingerprint density at radius 1 is 1.07 bits per heavy atom. The molecule has 2 fully saturated rings. The van der Waals surface area contributed by atoms with E-state index in [1.807, 2.05) is 49.9 Å². The van der Waals surface area contributed by atoms with Crippen molar-refractivity contribution < 1.29 is 24.2 Å². The second-order valence-corrected chi connectivity index (χ2v) is 9.70. The van der Waals surface area contributed by atoms with E-state index in [2.05, 4.69) is 0 Å². The number of nitrogens with zero attached hydrogens (tertiary/aromatic N) is 3. The van der Waals surface area contributed by atoms with Gasteiger partial charge in [0.05, 0.1) is 11.5 Å². The molecule has 3 amide bonds. The Morgan fingerprint density at radius 2 is 1.70 bits per heavy atom. The molecule has 164 valence electrons. The molecule has 8 nitrogen and oxygen atoms in total. The number of fused-ring (bicyclic) bond motifs is 1. The summed E-state index contributed by atoms with van der Waals surface area (Å²) in [6.45, 7) is 10.8. The normalized spacial score (nSPS) is 19.7. The third-order valence-corrected chi connectivity index (χ3v) is 5.48. The van der Waals surface area contributed by atoms with Gasteiger partial charge in [0.15, 0.2) is 0 Å². The molecule has 1 aromatic rings. The van der Waals surface area contributed by atoms with Crippen LogP contribution in [0.5, 0.6) is 0 Å². The van der Waals surface area contributed by atoms with E-state index in [0.29, 0.717) is 32.6 Å². The highest BCUT2D eigenvalue weighted by molar-refractivity contribution is 5.95. The van der Waals surface area contributed by atoms with Gasteiger partial charge in [0.1, 0.15) is 5.60 Å². The highest BCUT2D eigenvalue weighted by Crippen LogP contribution is 2.29. The van der Waals surface area contributed by atoms with Gasteiger partial charge in [-0.05, 0) is 58.7 Å². The maximum atomic E-state index is 12.9. The van der Waals surface area contributed by atoms with Gasteiger partial charge in [-0.3, -0.25) is 9.69 Å². The van der Waals surface area contributed by atoms with Crippen molar-refractivity contribution >= 4 is 23.8 Å². The van der Waals surface area contributed by atoms with Crippen LogP contribution in [0.15, 0.2) is 24.3 Å². The van der Waals surface area contributed by atoms with Gasteiger partial charge in [-0.2, -0.15) is 0 Å². The molecule has 0 bridgehead atoms. The van der Waals surface area contributed by atoms with Crippen molar-refractivity contribution in [3.63, 3.8) is 0 Å². The smallest absolute Gasteiger partial charge is 0.410 e. The summed E-state index contributed by atoms with van der Waals surface area (Å²) in [5.74, 6) is -0.840. The highest BCUT2D eigenvalue weighted by atomic mass is 16.6. The van der Waals surface area contributed by atoms with Crippen LogP contribution in [0.25, 0.3) is 0 Å². The molecular weight excluding hydrogens is 386 g/mol. The lowest BCUT2D eigenvalue weighted by molar-refractivity contribution is -0.146. The van der Waals surface area contributed by atoms with E-state index in [0.717, 1.165) is 11.3 Å². The molecule has 0 radical (unpaired) electrons. The molecule has 3 rings (SSSR count). The lowest BCUT2D eigenvalue weighted by Gasteiger charge is -2.36. The molecular formula is C22H31N3O5. The molecule has 0 spiro atoms. The topological polar surface area (TPSA) is 90.4 Å². The molecule has 2 heterocycles. The zero-order valence-corrected chi connectivity index (χ0v) is 18.3. The van der Waals surface area contributed by atoms with E-state index >= 15 is 0 Å². The molecule has 0 aromatic heterocycles. The largest absolute Gasteiger partial charge is 0.481 e. The minimum atomic E-state index is -0.850. The Hall–Kier alpha value is -2.77. The van der Waals surface area contributed by atoms with E-state index in [1.54, 1.807) is 23.6 Å². The monoisotopic (exact) mass is 417 g/mol. The third-order valence-electron chi connectivity index (χ3n) is 5.48. The van der Waals surface area contributed by atoms with Crippen molar-refractivity contribution in [3.05, 3.63) is 29.8 Å². The summed E-state index contributed by atoms with van der Waals surface area (Å²) in [6, 6.07) is 7.31. The fraction of sp³-hybridized carbons (Fsp3) is 0.591. The first-order valence-corrected chi connectivity index (χ1v) is 10.3. The number of hydrogen-bond donors (Lipinski definition) is 1. The number of carboxylic acids is 1. The molecule has 1 N–H and O–H groups in total. The molecule has 2 aliphatic rings. The number of carbonyl (C=O) groups is 3. The van der Waals surface area contributed by atoms with Crippen molar-refractivity contribution in [3.8, 4) is 0 Å². The maximum absolute atomic E-state index is 12.9. The molecule has 8 heteroatoms. The fourth-order valence-corrected chi connectivity index (χ4v) is 3.80. The van der Waals surface area contributed by atoms with E-state index in [9.17, 15) is 19.5 Å². The second-order valence-electron chi connectivity index (χ2n) is 9.70. The lowest BCUT2D eigenvalue weighted by Crippen LogP contribution is -2.54. The Morgan fingerprint density at radius 3 is 2.27 bits per heavy atom. The summed E-state index contributed by atoms with van der Waals surface area (Å²) >= 11 is 0. The first-order chi connectivity index (χ1) is 13.9. The van der Waals surface area contributed by atoms with Gasteiger partial charge in [-0.1, -0.05) is 12.1 Å². The molecule has 2 saturated heterocycles. The van der Waals surface area contributed by atoms with Gasteiger partial charge in [0.25, 0.3) is 0 Å². The number of rotatable bonds is 4. The van der Waals surface area contributed by atoms with Gasteiger partial charge >= 0.3 is 18.1 Å². The van der Waals surface area contributed by atoms with Crippen LogP contribution in [0.1, 0.15) is 40.2 Å². The number of urea groups is 1. The number of ether oxygens (including phenoxy) is 1. The molecule has 1 atom stereocenters. The molecule has 30 heavy (non-hydrogen) atoms. The fourth-order valence-electron chi connectivity index (χ4n) is 3.80. The number of amides is 3. The van der Waals surface area contributed by atoms with Crippen LogP contribution < -0.4 is 4.90 Å². The van der Waals surface area contributed by atoms with E-state index in [4.69, 9.17) is 4.74 Å². The minimum Gasteiger partial charge on any atom is -0.481 e. The van der Waals surface area contributed by atoms with E-state index in [-0.39, 0.29) is 18.2 Å². The lowest BCUT2D eigenvalue weighted by atomic mass is 9.86. The van der Waals surface area contributed by atoms with Crippen LogP contribution in [0.2, 0.25) is 0 Å². The standard InChI is InChI=1S/C22H31N3O5/c1-21(2,3)30-20(29)23-10-11-24-17(13-23)14-25(19(24)28)16-8-6-15(7-9-16)12-22(4,5)18(26)27/h6-9,17H,10-14H2,1-5H3,(H,26,27)/t17-/m0/s1. The average molecular weight is 418 g/mol. The minimum absolute atomic E-state index is 0.0672. The second kappa shape index (κ2) is 7.81. The van der Waals surface area contributed by atoms with Crippen LogP contribution in [-0.4, -0.2) is 70.8 Å². The first kappa shape index (κ1) is 21.9. The quantitative estimate of drug-likeness (QED) is 0.812. The first-order valence-electron chi connectivity index (χ1n) is 10.3. The zero-order chi connectivity index (χ0) is 22.3. The molecule has 0 unspecified atom stereocenters. The maximum Gasteiger partial charge on any atom is 0.410 e. The molecule has 0 saturated carbocycles. The number of anilines is 1. The van der Waals surface area contributed by atoms with Gasteiger partial charge < -0.3 is 19.6 Å². The summed E-state index contributed by atoms with van der Waals surface area (Å²) in [7, 11) is 0. The van der Waals surface area contributed by atoms with E-state index in [1.165, 1.54) is 0 Å². The third kappa shape index (κ3) is 4.68. The Kier molecular flexibility index (Phi) is 5.71. The van der Waals surface area contributed by atoms with Gasteiger partial charge in [-0.15, -0.1) is 0 Å². The van der Waals surface area contributed by atoms with Crippen LogP contribution >= 0.6 is 0 Å². The Labute approximate surface area is 177 Å². The number of carbonyl (C=O) groups excluding carboxylic acids is 2. The summed E-state index contributed by atoms with van der Waals surface area (Å²) in [6.07, 6.45) is 0.0642. The molecule has 2 aliphatic heterocycles. The molecule has 1 aromatic carbocycles. The van der Waals surface area contributed by atoms with Crippen molar-refractivity contribution in [2.24, 2.45) is 5.41 Å². The summed E-state index contributed by atoms with van der Waals surface area (Å²) in [4.78, 5) is 41.8. The van der Waals surface area contributed by atoms with Crippen LogP contribution in [0.4, 0.5) is 15.3 Å². The van der Waals surface area contributed by atoms with Crippen molar-refractivity contribution in [1.29, 1.82) is 0 Å². The Bertz CT molecular complexity index is 828. The predicted octanol–water partition coefficient (Wildman–Crippen LogP) is 3.20. The number of benzene rings is 1. The Balaban J connectivity index is 1.66. The van der Waals surface area contributed by atoms with Gasteiger partial charge in [-0.25, -0.2) is 9.59 Å². The van der Waals surface area contributed by atoms with Gasteiger partial charge in [0.2, 0.25) is 0 Å². The highest BCUT2D eigenvalue weighted by Gasteiger charge is 2.43. The summed E-state index contributed by atoms with van der Waals surface area (Å²) < 4.78 is 5.46. The predicted molar refractivity (Wildman–Crippen MR) is 113 cm³/mol. The summed E-state index contributed by atoms with van der Waals surface area (Å²) in [5, 5.41) is 9.31. The molecule has 0 aliphatic carbocycles. The van der Waals surface area contributed by atoms with Crippen molar-refractivity contribution in [2.45, 2.75) is 52.7 Å². The van der Waals surface area contributed by atoms with Crippen molar-refractivity contribution in [2.75, 3.05) is 31.1 Å². The number of piperazine rings is 1. The van der Waals surface area contributed by atoms with Gasteiger partial charge in [0, 0.05) is 31.9 Å². The van der Waals surface area contributed by atoms with Crippen LogP contribution in [0, 0.1) is 5.41 Å². The number of hydrogen-bond acceptors (Lipinski definition) is 4. The SMILES string of the molecule is CC(C)(C)OC(=O)N1CCN2C(=O)N(c3ccc(CC(C)(C)C(=O)O)cc3)C[C@@H]2C1. The number of carboxylic acid groups (broad SMARTS) is 1. The zero-order valence-electron chi connectivity index (χ0n) is 18.3. The van der Waals surface area contributed by atoms with Crippen LogP contribution in [-0.2, 0) is 16.0 Å².